The second kappa shape index (κ2) is 9.60. The van der Waals surface area contributed by atoms with Crippen molar-refractivity contribution >= 4 is 40.8 Å². The quantitative estimate of drug-likeness (QED) is 0.451. The maximum Gasteiger partial charge on any atom is 0.221 e. The minimum atomic E-state index is -0.0862. The van der Waals surface area contributed by atoms with Crippen molar-refractivity contribution in [3.63, 3.8) is 0 Å². The Bertz CT molecular complexity index is 1100. The number of H-pyrrole nitrogens is 1. The lowest BCUT2D eigenvalue weighted by Crippen LogP contribution is -2.38. The van der Waals surface area contributed by atoms with Gasteiger partial charge in [-0.05, 0) is 76.1 Å². The van der Waals surface area contributed by atoms with Gasteiger partial charge < -0.3 is 15.5 Å². The fraction of sp³-hybridized carbons (Fsp3) is 0.391. The van der Waals surface area contributed by atoms with Gasteiger partial charge in [0.1, 0.15) is 11.6 Å². The molecule has 1 aromatic carbocycles. The highest BCUT2D eigenvalue weighted by molar-refractivity contribution is 7.99. The van der Waals surface area contributed by atoms with E-state index in [9.17, 15) is 4.79 Å². The van der Waals surface area contributed by atoms with Gasteiger partial charge in [-0.3, -0.25) is 9.89 Å². The zero-order valence-electron chi connectivity index (χ0n) is 18.9. The van der Waals surface area contributed by atoms with Crippen molar-refractivity contribution in [2.24, 2.45) is 0 Å². The van der Waals surface area contributed by atoms with Gasteiger partial charge in [-0.1, -0.05) is 0 Å². The molecule has 32 heavy (non-hydrogen) atoms. The Morgan fingerprint density at radius 3 is 2.62 bits per heavy atom. The number of piperidine rings is 1. The molecule has 9 heteroatoms. The van der Waals surface area contributed by atoms with E-state index in [0.717, 1.165) is 52.3 Å². The highest BCUT2D eigenvalue weighted by Gasteiger charge is 2.24. The van der Waals surface area contributed by atoms with E-state index in [2.05, 4.69) is 39.6 Å². The summed E-state index contributed by atoms with van der Waals surface area (Å²) in [6.45, 7) is 8.79. The zero-order valence-corrected chi connectivity index (χ0v) is 19.7. The number of nitrogens with one attached hydrogen (secondary N) is 3. The lowest BCUT2D eigenvalue weighted by atomic mass is 10.0. The predicted octanol–water partition coefficient (Wildman–Crippen LogP) is 5.05. The first kappa shape index (κ1) is 22.1. The van der Waals surface area contributed by atoms with Crippen LogP contribution in [0, 0.1) is 13.8 Å². The Labute approximate surface area is 192 Å². The molecule has 0 saturated carbocycles. The summed E-state index contributed by atoms with van der Waals surface area (Å²) in [7, 11) is 0. The lowest BCUT2D eigenvalue weighted by molar-refractivity contribution is -0.114. The zero-order chi connectivity index (χ0) is 22.7. The van der Waals surface area contributed by atoms with Crippen LogP contribution in [0.4, 0.5) is 23.1 Å². The molecule has 1 aliphatic heterocycles. The lowest BCUT2D eigenvalue weighted by Gasteiger charge is -2.35. The molecule has 0 spiro atoms. The number of hydrogen-bond donors (Lipinski definition) is 3. The fourth-order valence-corrected chi connectivity index (χ4v) is 4.61. The molecule has 4 rings (SSSR count). The van der Waals surface area contributed by atoms with Gasteiger partial charge in [-0.25, -0.2) is 9.97 Å². The second-order valence-electron chi connectivity index (χ2n) is 8.21. The van der Waals surface area contributed by atoms with E-state index in [1.54, 1.807) is 0 Å². The first-order valence-corrected chi connectivity index (χ1v) is 11.7. The summed E-state index contributed by atoms with van der Waals surface area (Å²) >= 11 is 1.50. The molecule has 3 N–H and O–H groups in total. The third-order valence-electron chi connectivity index (χ3n) is 5.51. The minimum Gasteiger partial charge on any atom is -0.353 e. The largest absolute Gasteiger partial charge is 0.353 e. The summed E-state index contributed by atoms with van der Waals surface area (Å²) in [6, 6.07) is 10.1. The number of carbonyl (C=O) groups excluding carboxylic acids is 1. The van der Waals surface area contributed by atoms with Crippen LogP contribution >= 0.6 is 11.8 Å². The molecule has 1 atom stereocenters. The Hall–Kier alpha value is -3.07. The van der Waals surface area contributed by atoms with Crippen molar-refractivity contribution in [3.8, 4) is 0 Å². The molecule has 1 saturated heterocycles. The van der Waals surface area contributed by atoms with E-state index in [1.165, 1.54) is 31.5 Å². The first-order chi connectivity index (χ1) is 15.4. The molecule has 1 amide bonds. The molecule has 3 aromatic rings. The van der Waals surface area contributed by atoms with Crippen LogP contribution in [0.2, 0.25) is 0 Å². The Balaban J connectivity index is 1.66. The van der Waals surface area contributed by atoms with Gasteiger partial charge in [0, 0.05) is 47.4 Å². The normalized spacial score (nSPS) is 16.1. The summed E-state index contributed by atoms with van der Waals surface area (Å²) in [6.07, 6.45) is 3.59. The van der Waals surface area contributed by atoms with Crippen LogP contribution in [-0.4, -0.2) is 38.7 Å². The summed E-state index contributed by atoms with van der Waals surface area (Å²) in [5.41, 5.74) is 2.77. The average molecular weight is 452 g/mol. The minimum absolute atomic E-state index is 0.0862. The van der Waals surface area contributed by atoms with Crippen molar-refractivity contribution in [1.29, 1.82) is 0 Å². The number of rotatable bonds is 6. The topological polar surface area (TPSA) is 98.8 Å². The van der Waals surface area contributed by atoms with Gasteiger partial charge in [-0.2, -0.15) is 5.10 Å². The number of aryl methyl sites for hydroxylation is 1. The highest BCUT2D eigenvalue weighted by Crippen LogP contribution is 2.34. The molecular formula is C23H29N7OS. The molecule has 168 valence electrons. The van der Waals surface area contributed by atoms with Gasteiger partial charge in [-0.15, -0.1) is 0 Å². The van der Waals surface area contributed by atoms with Gasteiger partial charge >= 0.3 is 0 Å². The van der Waals surface area contributed by atoms with Crippen molar-refractivity contribution < 1.29 is 4.79 Å². The maximum absolute atomic E-state index is 11.3. The number of aromatic nitrogens is 4. The summed E-state index contributed by atoms with van der Waals surface area (Å²) in [4.78, 5) is 24.4. The third-order valence-corrected chi connectivity index (χ3v) is 6.38. The number of anilines is 4. The van der Waals surface area contributed by atoms with E-state index >= 15 is 0 Å². The van der Waals surface area contributed by atoms with E-state index in [-0.39, 0.29) is 5.91 Å². The summed E-state index contributed by atoms with van der Waals surface area (Å²) in [5.74, 6) is 2.38. The summed E-state index contributed by atoms with van der Waals surface area (Å²) in [5, 5.41) is 14.1. The molecule has 1 fully saturated rings. The first-order valence-electron chi connectivity index (χ1n) is 10.9. The van der Waals surface area contributed by atoms with Crippen molar-refractivity contribution in [3.05, 3.63) is 41.6 Å². The van der Waals surface area contributed by atoms with Gasteiger partial charge in [0.25, 0.3) is 0 Å². The van der Waals surface area contributed by atoms with Crippen LogP contribution in [0.15, 0.2) is 40.4 Å². The highest BCUT2D eigenvalue weighted by atomic mass is 32.2. The molecule has 2 aromatic heterocycles. The average Bonchev–Trinajstić information content (AvgIpc) is 3.16. The SMILES string of the molecule is CC(=O)Nc1ccc(Sc2nc(Nc3cc(C)[nH]n3)c(C)c(N3CCCCC3C)n2)cc1. The van der Waals surface area contributed by atoms with Crippen LogP contribution in [0.25, 0.3) is 0 Å². The number of amides is 1. The van der Waals surface area contributed by atoms with Crippen LogP contribution in [-0.2, 0) is 4.79 Å². The van der Waals surface area contributed by atoms with Gasteiger partial charge in [0.2, 0.25) is 5.91 Å². The van der Waals surface area contributed by atoms with E-state index in [4.69, 9.17) is 9.97 Å². The van der Waals surface area contributed by atoms with Crippen LogP contribution in [0.5, 0.6) is 0 Å². The molecule has 0 radical (unpaired) electrons. The molecule has 0 aliphatic carbocycles. The fourth-order valence-electron chi connectivity index (χ4n) is 3.86. The third kappa shape index (κ3) is 5.21. The van der Waals surface area contributed by atoms with Gasteiger partial charge in [0.15, 0.2) is 11.0 Å². The number of hydrogen-bond acceptors (Lipinski definition) is 7. The predicted molar refractivity (Wildman–Crippen MR) is 129 cm³/mol. The van der Waals surface area contributed by atoms with E-state index in [0.29, 0.717) is 11.2 Å². The number of nitrogens with zero attached hydrogens (tertiary/aromatic N) is 4. The second-order valence-corrected chi connectivity index (χ2v) is 9.25. The molecule has 8 nitrogen and oxygen atoms in total. The smallest absolute Gasteiger partial charge is 0.221 e. The standard InChI is InChI=1S/C23H29N7OS/c1-14-13-20(29-28-14)25-21-16(3)22(30-12-6-5-7-15(30)2)27-23(26-21)32-19-10-8-18(9-11-19)24-17(4)31/h8-11,13,15H,5-7,12H2,1-4H3,(H,24,31)(H2,25,26,27,28,29). The molecule has 1 aliphatic rings. The summed E-state index contributed by atoms with van der Waals surface area (Å²) < 4.78 is 0. The molecule has 1 unspecified atom stereocenters. The van der Waals surface area contributed by atoms with Crippen molar-refractivity contribution in [2.75, 3.05) is 22.1 Å². The number of benzene rings is 1. The van der Waals surface area contributed by atoms with Crippen molar-refractivity contribution in [1.82, 2.24) is 20.2 Å². The van der Waals surface area contributed by atoms with Crippen LogP contribution < -0.4 is 15.5 Å². The maximum atomic E-state index is 11.3. The molecule has 0 bridgehead atoms. The molecular weight excluding hydrogens is 422 g/mol. The van der Waals surface area contributed by atoms with Crippen LogP contribution in [0.3, 0.4) is 0 Å². The number of aromatic amines is 1. The Morgan fingerprint density at radius 1 is 1.19 bits per heavy atom. The van der Waals surface area contributed by atoms with Crippen LogP contribution in [0.1, 0.15) is 44.4 Å². The van der Waals surface area contributed by atoms with E-state index < -0.39 is 0 Å². The van der Waals surface area contributed by atoms with E-state index in [1.807, 2.05) is 37.3 Å². The Morgan fingerprint density at radius 2 is 1.97 bits per heavy atom. The molecule has 3 heterocycles. The van der Waals surface area contributed by atoms with Gasteiger partial charge in [0.05, 0.1) is 0 Å². The Kier molecular flexibility index (Phi) is 6.64. The number of carbonyl (C=O) groups is 1. The van der Waals surface area contributed by atoms with Crippen molar-refractivity contribution in [2.45, 2.75) is 63.1 Å². The monoisotopic (exact) mass is 451 g/mol.